The van der Waals surface area contributed by atoms with E-state index >= 15 is 0 Å². The number of nitrogens with zero attached hydrogens (tertiary/aromatic N) is 1. The van der Waals surface area contributed by atoms with Crippen LogP contribution in [0.4, 0.5) is 0 Å². The SMILES string of the molecule is O=C(NCCNC(=O)[C@H]1CC=CC[C@H]1c1nc2ccccc2s1)C1CC1. The van der Waals surface area contributed by atoms with E-state index in [2.05, 4.69) is 28.9 Å². The Morgan fingerprint density at radius 2 is 1.77 bits per heavy atom. The first-order valence-electron chi connectivity index (χ1n) is 9.28. The molecule has 0 spiro atoms. The number of para-hydroxylation sites is 1. The zero-order valence-corrected chi connectivity index (χ0v) is 15.4. The van der Waals surface area contributed by atoms with Gasteiger partial charge in [-0.3, -0.25) is 9.59 Å². The molecule has 1 aromatic carbocycles. The van der Waals surface area contributed by atoms with Gasteiger partial charge < -0.3 is 10.6 Å². The van der Waals surface area contributed by atoms with Crippen LogP contribution in [-0.4, -0.2) is 29.9 Å². The van der Waals surface area contributed by atoms with Gasteiger partial charge >= 0.3 is 0 Å². The van der Waals surface area contributed by atoms with E-state index in [1.165, 1.54) is 4.70 Å². The van der Waals surface area contributed by atoms with Crippen molar-refractivity contribution in [3.05, 3.63) is 41.4 Å². The number of carbonyl (C=O) groups excluding carboxylic acids is 2. The molecule has 26 heavy (non-hydrogen) atoms. The molecule has 1 fully saturated rings. The van der Waals surface area contributed by atoms with Crippen LogP contribution in [0.2, 0.25) is 0 Å². The monoisotopic (exact) mass is 369 g/mol. The molecule has 136 valence electrons. The van der Waals surface area contributed by atoms with Crippen molar-refractivity contribution in [1.82, 2.24) is 15.6 Å². The molecule has 5 nitrogen and oxygen atoms in total. The van der Waals surface area contributed by atoms with Crippen LogP contribution in [0.25, 0.3) is 10.2 Å². The Kier molecular flexibility index (Phi) is 5.02. The Balaban J connectivity index is 1.37. The maximum absolute atomic E-state index is 12.7. The van der Waals surface area contributed by atoms with Crippen molar-refractivity contribution in [2.75, 3.05) is 13.1 Å². The highest BCUT2D eigenvalue weighted by Crippen LogP contribution is 2.38. The van der Waals surface area contributed by atoms with Gasteiger partial charge in [-0.1, -0.05) is 24.3 Å². The van der Waals surface area contributed by atoms with Crippen LogP contribution >= 0.6 is 11.3 Å². The summed E-state index contributed by atoms with van der Waals surface area (Å²) in [6, 6.07) is 8.11. The van der Waals surface area contributed by atoms with Gasteiger partial charge in [-0.05, 0) is 37.8 Å². The van der Waals surface area contributed by atoms with Crippen LogP contribution in [0.3, 0.4) is 0 Å². The summed E-state index contributed by atoms with van der Waals surface area (Å²) in [5.41, 5.74) is 1.00. The lowest BCUT2D eigenvalue weighted by atomic mass is 9.82. The van der Waals surface area contributed by atoms with Crippen LogP contribution in [0.5, 0.6) is 0 Å². The van der Waals surface area contributed by atoms with Gasteiger partial charge in [0.15, 0.2) is 0 Å². The number of nitrogens with one attached hydrogen (secondary N) is 2. The molecule has 0 saturated heterocycles. The lowest BCUT2D eigenvalue weighted by molar-refractivity contribution is -0.126. The summed E-state index contributed by atoms with van der Waals surface area (Å²) in [5.74, 6) is 0.405. The standard InChI is InChI=1S/C20H23N3O2S/c24-18(13-9-10-13)21-11-12-22-19(25)14-5-1-2-6-15(14)20-23-16-7-3-4-8-17(16)26-20/h1-4,7-8,13-15H,5-6,9-12H2,(H,21,24)(H,22,25)/t14-,15+/m0/s1. The minimum Gasteiger partial charge on any atom is -0.354 e. The Morgan fingerprint density at radius 3 is 2.54 bits per heavy atom. The highest BCUT2D eigenvalue weighted by molar-refractivity contribution is 7.18. The first-order chi connectivity index (χ1) is 12.7. The number of rotatable bonds is 6. The van der Waals surface area contributed by atoms with Crippen molar-refractivity contribution in [3.8, 4) is 0 Å². The van der Waals surface area contributed by atoms with Crippen molar-refractivity contribution in [2.45, 2.75) is 31.6 Å². The van der Waals surface area contributed by atoms with Crippen molar-refractivity contribution >= 4 is 33.4 Å². The van der Waals surface area contributed by atoms with Crippen molar-refractivity contribution < 1.29 is 9.59 Å². The molecule has 2 aliphatic rings. The Labute approximate surface area is 156 Å². The number of amides is 2. The van der Waals surface area contributed by atoms with E-state index in [0.717, 1.165) is 36.2 Å². The Morgan fingerprint density at radius 1 is 1.04 bits per heavy atom. The fourth-order valence-corrected chi connectivity index (χ4v) is 4.56. The molecular formula is C20H23N3O2S. The van der Waals surface area contributed by atoms with Crippen LogP contribution in [-0.2, 0) is 9.59 Å². The van der Waals surface area contributed by atoms with E-state index in [0.29, 0.717) is 13.1 Å². The molecule has 0 bridgehead atoms. The molecule has 2 aromatic rings. The van der Waals surface area contributed by atoms with Crippen LogP contribution < -0.4 is 10.6 Å². The Bertz CT molecular complexity index is 807. The minimum absolute atomic E-state index is 0.0549. The summed E-state index contributed by atoms with van der Waals surface area (Å²) in [6.45, 7) is 0.972. The molecule has 0 radical (unpaired) electrons. The van der Waals surface area contributed by atoms with Crippen molar-refractivity contribution in [2.24, 2.45) is 11.8 Å². The topological polar surface area (TPSA) is 71.1 Å². The number of thiazole rings is 1. The number of carbonyl (C=O) groups is 2. The predicted molar refractivity (Wildman–Crippen MR) is 103 cm³/mol. The Hall–Kier alpha value is -2.21. The van der Waals surface area contributed by atoms with Crippen molar-refractivity contribution in [3.63, 3.8) is 0 Å². The lowest BCUT2D eigenvalue weighted by Gasteiger charge is -2.26. The molecule has 2 amide bonds. The third kappa shape index (κ3) is 3.80. The zero-order chi connectivity index (χ0) is 17.9. The maximum atomic E-state index is 12.7. The third-order valence-electron chi connectivity index (χ3n) is 5.07. The molecule has 2 aliphatic carbocycles. The first-order valence-corrected chi connectivity index (χ1v) is 10.1. The fraction of sp³-hybridized carbons (Fsp3) is 0.450. The van der Waals surface area contributed by atoms with Gasteiger partial charge in [-0.2, -0.15) is 0 Å². The normalized spacial score (nSPS) is 22.3. The summed E-state index contributed by atoms with van der Waals surface area (Å²) in [4.78, 5) is 29.1. The lowest BCUT2D eigenvalue weighted by Crippen LogP contribution is -2.39. The number of aromatic nitrogens is 1. The summed E-state index contributed by atoms with van der Waals surface area (Å²) in [6.07, 6.45) is 7.81. The van der Waals surface area contributed by atoms with Crippen LogP contribution in [0.15, 0.2) is 36.4 Å². The second-order valence-corrected chi connectivity index (χ2v) is 8.09. The van der Waals surface area contributed by atoms with Gasteiger partial charge in [0.2, 0.25) is 11.8 Å². The minimum atomic E-state index is -0.0975. The van der Waals surface area contributed by atoms with E-state index in [1.54, 1.807) is 11.3 Å². The highest BCUT2D eigenvalue weighted by Gasteiger charge is 2.32. The fourth-order valence-electron chi connectivity index (χ4n) is 3.42. The molecule has 0 aliphatic heterocycles. The molecule has 2 N–H and O–H groups in total. The largest absolute Gasteiger partial charge is 0.354 e. The molecule has 0 unspecified atom stereocenters. The van der Waals surface area contributed by atoms with Gasteiger partial charge in [-0.15, -0.1) is 11.3 Å². The quantitative estimate of drug-likeness (QED) is 0.607. The number of hydrogen-bond acceptors (Lipinski definition) is 4. The molecular weight excluding hydrogens is 346 g/mol. The molecule has 1 aromatic heterocycles. The smallest absolute Gasteiger partial charge is 0.224 e. The first kappa shape index (κ1) is 17.2. The predicted octanol–water partition coefficient (Wildman–Crippen LogP) is 2.99. The summed E-state index contributed by atoms with van der Waals surface area (Å²) in [5, 5.41) is 6.92. The van der Waals surface area contributed by atoms with E-state index in [4.69, 9.17) is 4.98 Å². The summed E-state index contributed by atoms with van der Waals surface area (Å²) in [7, 11) is 0. The number of benzene rings is 1. The van der Waals surface area contributed by atoms with Gasteiger partial charge in [-0.25, -0.2) is 4.98 Å². The second-order valence-electron chi connectivity index (χ2n) is 7.03. The molecule has 2 atom stereocenters. The number of fused-ring (bicyclic) bond motifs is 1. The number of allylic oxidation sites excluding steroid dienone is 2. The summed E-state index contributed by atoms with van der Waals surface area (Å²) >= 11 is 1.69. The molecule has 1 heterocycles. The molecule has 4 rings (SSSR count). The van der Waals surface area contributed by atoms with E-state index in [1.807, 2.05) is 18.2 Å². The van der Waals surface area contributed by atoms with Crippen molar-refractivity contribution in [1.29, 1.82) is 0 Å². The highest BCUT2D eigenvalue weighted by atomic mass is 32.1. The average molecular weight is 369 g/mol. The van der Waals surface area contributed by atoms with Gasteiger partial charge in [0.25, 0.3) is 0 Å². The molecule has 1 saturated carbocycles. The van der Waals surface area contributed by atoms with E-state index in [9.17, 15) is 9.59 Å². The van der Waals surface area contributed by atoms with E-state index < -0.39 is 0 Å². The maximum Gasteiger partial charge on any atom is 0.224 e. The average Bonchev–Trinajstić information content (AvgIpc) is 3.43. The van der Waals surface area contributed by atoms with Gasteiger partial charge in [0.1, 0.15) is 0 Å². The van der Waals surface area contributed by atoms with Gasteiger partial charge in [0, 0.05) is 24.9 Å². The number of hydrogen-bond donors (Lipinski definition) is 2. The van der Waals surface area contributed by atoms with Crippen LogP contribution in [0.1, 0.15) is 36.6 Å². The molecule has 6 heteroatoms. The van der Waals surface area contributed by atoms with Crippen LogP contribution in [0, 0.1) is 11.8 Å². The third-order valence-corrected chi connectivity index (χ3v) is 6.24. The van der Waals surface area contributed by atoms with Gasteiger partial charge in [0.05, 0.1) is 21.1 Å². The second kappa shape index (κ2) is 7.58. The van der Waals surface area contributed by atoms with E-state index in [-0.39, 0.29) is 29.6 Å². The zero-order valence-electron chi connectivity index (χ0n) is 14.6. The summed E-state index contributed by atoms with van der Waals surface area (Å²) < 4.78 is 1.17.